The average Bonchev–Trinajstić information content (AvgIpc) is 3.30. The van der Waals surface area contributed by atoms with Crippen LogP contribution in [-0.4, -0.2) is 24.9 Å². The number of nitrogens with zero attached hydrogens (tertiary/aromatic N) is 5. The van der Waals surface area contributed by atoms with Crippen LogP contribution < -0.4 is 0 Å². The second-order valence-electron chi connectivity index (χ2n) is 5.19. The first kappa shape index (κ1) is 15.1. The number of imidazole rings is 1. The van der Waals surface area contributed by atoms with Gasteiger partial charge in [-0.2, -0.15) is 9.99 Å². The first-order valence-corrected chi connectivity index (χ1v) is 8.29. The fraction of sp³-hybridized carbons (Fsp3) is 0. The van der Waals surface area contributed by atoms with Gasteiger partial charge in [-0.25, -0.2) is 9.97 Å². The Morgan fingerprint density at radius 2 is 1.88 bits per heavy atom. The van der Waals surface area contributed by atoms with Crippen molar-refractivity contribution in [2.24, 2.45) is 0 Å². The van der Waals surface area contributed by atoms with E-state index < -0.39 is 0 Å². The molecule has 0 bridgehead atoms. The lowest BCUT2D eigenvalue weighted by molar-refractivity contribution is 0.195. The topological polar surface area (TPSA) is 87.6 Å². The molecule has 0 aliphatic rings. The molecule has 25 heavy (non-hydrogen) atoms. The van der Waals surface area contributed by atoms with Gasteiger partial charge >= 0.3 is 0 Å². The van der Waals surface area contributed by atoms with E-state index in [1.165, 1.54) is 11.3 Å². The summed E-state index contributed by atoms with van der Waals surface area (Å²) in [7, 11) is 0. The van der Waals surface area contributed by atoms with Gasteiger partial charge in [0.1, 0.15) is 16.4 Å². The van der Waals surface area contributed by atoms with Crippen molar-refractivity contribution in [3.05, 3.63) is 65.8 Å². The molecule has 0 atom stereocenters. The highest BCUT2D eigenvalue weighted by Crippen LogP contribution is 2.35. The van der Waals surface area contributed by atoms with E-state index in [2.05, 4.69) is 21.0 Å². The van der Waals surface area contributed by atoms with E-state index in [9.17, 15) is 5.21 Å². The molecular weight excluding hydrogens is 334 g/mol. The van der Waals surface area contributed by atoms with E-state index in [-0.39, 0.29) is 0 Å². The van der Waals surface area contributed by atoms with E-state index in [0.29, 0.717) is 39.0 Å². The summed E-state index contributed by atoms with van der Waals surface area (Å²) in [6.45, 7) is 0. The zero-order valence-corrected chi connectivity index (χ0v) is 13.7. The second kappa shape index (κ2) is 6.19. The minimum Gasteiger partial charge on any atom is -0.426 e. The molecule has 0 saturated heterocycles. The molecule has 7 heteroatoms. The Hall–Kier alpha value is -3.50. The van der Waals surface area contributed by atoms with Crippen molar-refractivity contribution >= 4 is 11.3 Å². The van der Waals surface area contributed by atoms with E-state index in [1.807, 2.05) is 23.6 Å². The van der Waals surface area contributed by atoms with Gasteiger partial charge in [0, 0.05) is 23.3 Å². The minimum absolute atomic E-state index is 0.371. The van der Waals surface area contributed by atoms with Crippen LogP contribution in [0.25, 0.3) is 33.5 Å². The number of nitriles is 1. The number of benzene rings is 1. The standard InChI is InChI=1S/C18H11N5OS/c19-11-12-4-6-13(7-5-12)17-22-15(18-21-9-10-25-18)16(23(17)24)14-3-1-2-8-20-14/h1-10,24H. The fourth-order valence-corrected chi connectivity index (χ4v) is 3.14. The molecule has 6 nitrogen and oxygen atoms in total. The highest BCUT2D eigenvalue weighted by atomic mass is 32.1. The molecule has 1 N–H and O–H groups in total. The maximum absolute atomic E-state index is 10.8. The summed E-state index contributed by atoms with van der Waals surface area (Å²) >= 11 is 1.44. The Kier molecular flexibility index (Phi) is 3.72. The lowest BCUT2D eigenvalue weighted by Crippen LogP contribution is -1.98. The Morgan fingerprint density at radius 3 is 2.52 bits per heavy atom. The molecule has 3 heterocycles. The third-order valence-corrected chi connectivity index (χ3v) is 4.45. The smallest absolute Gasteiger partial charge is 0.176 e. The molecule has 0 amide bonds. The zero-order chi connectivity index (χ0) is 17.2. The van der Waals surface area contributed by atoms with Gasteiger partial charge in [0.05, 0.1) is 17.3 Å². The molecule has 0 fully saturated rings. The molecule has 4 rings (SSSR count). The van der Waals surface area contributed by atoms with Crippen LogP contribution in [0, 0.1) is 11.3 Å². The molecule has 120 valence electrons. The normalized spacial score (nSPS) is 10.5. The maximum atomic E-state index is 10.8. The van der Waals surface area contributed by atoms with Crippen molar-refractivity contribution in [2.75, 3.05) is 0 Å². The van der Waals surface area contributed by atoms with Crippen molar-refractivity contribution in [1.82, 2.24) is 19.7 Å². The third kappa shape index (κ3) is 2.65. The summed E-state index contributed by atoms with van der Waals surface area (Å²) in [5.74, 6) is 0.371. The van der Waals surface area contributed by atoms with E-state index >= 15 is 0 Å². The van der Waals surface area contributed by atoms with Gasteiger partial charge in [-0.1, -0.05) is 6.07 Å². The monoisotopic (exact) mass is 345 g/mol. The lowest BCUT2D eigenvalue weighted by Gasteiger charge is -2.04. The number of pyridine rings is 1. The molecule has 0 aliphatic heterocycles. The predicted molar refractivity (Wildman–Crippen MR) is 93.9 cm³/mol. The van der Waals surface area contributed by atoms with Crippen molar-refractivity contribution in [3.8, 4) is 39.5 Å². The van der Waals surface area contributed by atoms with Crippen LogP contribution in [0.1, 0.15) is 5.56 Å². The van der Waals surface area contributed by atoms with Crippen LogP contribution in [0.3, 0.4) is 0 Å². The van der Waals surface area contributed by atoms with Crippen LogP contribution in [0.2, 0.25) is 0 Å². The quantitative estimate of drug-likeness (QED) is 0.570. The summed E-state index contributed by atoms with van der Waals surface area (Å²) < 4.78 is 1.03. The van der Waals surface area contributed by atoms with E-state index in [0.717, 1.165) is 4.73 Å². The molecule has 4 aromatic rings. The molecule has 0 radical (unpaired) electrons. The Morgan fingerprint density at radius 1 is 1.04 bits per heavy atom. The lowest BCUT2D eigenvalue weighted by atomic mass is 10.1. The Bertz CT molecular complexity index is 1050. The number of hydrogen-bond donors (Lipinski definition) is 1. The molecule has 0 spiro atoms. The predicted octanol–water partition coefficient (Wildman–Crippen LogP) is 3.84. The van der Waals surface area contributed by atoms with Gasteiger partial charge in [-0.3, -0.25) is 4.98 Å². The first-order chi connectivity index (χ1) is 12.3. The fourth-order valence-electron chi connectivity index (χ4n) is 2.52. The second-order valence-corrected chi connectivity index (χ2v) is 6.08. The minimum atomic E-state index is 0.371. The Balaban J connectivity index is 1.94. The number of thiazole rings is 1. The van der Waals surface area contributed by atoms with Crippen molar-refractivity contribution in [3.63, 3.8) is 0 Å². The van der Waals surface area contributed by atoms with Gasteiger partial charge in [-0.05, 0) is 36.4 Å². The zero-order valence-electron chi connectivity index (χ0n) is 12.9. The third-order valence-electron chi connectivity index (χ3n) is 3.67. The number of hydrogen-bond acceptors (Lipinski definition) is 6. The summed E-state index contributed by atoms with van der Waals surface area (Å²) in [5, 5.41) is 22.3. The Labute approximate surface area is 147 Å². The number of rotatable bonds is 3. The molecule has 1 aromatic carbocycles. The molecule has 3 aromatic heterocycles. The van der Waals surface area contributed by atoms with Gasteiger partial charge in [0.25, 0.3) is 0 Å². The van der Waals surface area contributed by atoms with Crippen molar-refractivity contribution < 1.29 is 5.21 Å². The molecular formula is C18H11N5OS. The van der Waals surface area contributed by atoms with E-state index in [4.69, 9.17) is 5.26 Å². The van der Waals surface area contributed by atoms with Crippen LogP contribution >= 0.6 is 11.3 Å². The summed E-state index contributed by atoms with van der Waals surface area (Å²) in [5.41, 5.74) is 2.89. The van der Waals surface area contributed by atoms with Crippen molar-refractivity contribution in [1.29, 1.82) is 5.26 Å². The molecule has 0 aliphatic carbocycles. The highest BCUT2D eigenvalue weighted by Gasteiger charge is 2.23. The van der Waals surface area contributed by atoms with Crippen LogP contribution in [0.4, 0.5) is 0 Å². The maximum Gasteiger partial charge on any atom is 0.176 e. The largest absolute Gasteiger partial charge is 0.426 e. The van der Waals surface area contributed by atoms with Crippen LogP contribution in [0.5, 0.6) is 0 Å². The van der Waals surface area contributed by atoms with Gasteiger partial charge in [-0.15, -0.1) is 11.3 Å². The molecule has 0 unspecified atom stereocenters. The SMILES string of the molecule is N#Cc1ccc(-c2nc(-c3nccs3)c(-c3ccccn3)n2O)cc1. The highest BCUT2D eigenvalue weighted by molar-refractivity contribution is 7.13. The first-order valence-electron chi connectivity index (χ1n) is 7.41. The summed E-state index contributed by atoms with van der Waals surface area (Å²) in [4.78, 5) is 13.2. The molecule has 0 saturated carbocycles. The van der Waals surface area contributed by atoms with Gasteiger partial charge in [0.15, 0.2) is 5.82 Å². The summed E-state index contributed by atoms with van der Waals surface area (Å²) in [6, 6.07) is 14.4. The van der Waals surface area contributed by atoms with Gasteiger partial charge in [0.2, 0.25) is 0 Å². The average molecular weight is 345 g/mol. The van der Waals surface area contributed by atoms with Crippen LogP contribution in [0.15, 0.2) is 60.2 Å². The van der Waals surface area contributed by atoms with Crippen molar-refractivity contribution in [2.45, 2.75) is 0 Å². The van der Waals surface area contributed by atoms with Gasteiger partial charge < -0.3 is 5.21 Å². The number of aromatic nitrogens is 4. The summed E-state index contributed by atoms with van der Waals surface area (Å²) in [6.07, 6.45) is 3.36. The van der Waals surface area contributed by atoms with Crippen LogP contribution in [-0.2, 0) is 0 Å². The van der Waals surface area contributed by atoms with E-state index in [1.54, 1.807) is 36.7 Å².